The molecule has 0 aromatic heterocycles. The molecule has 3 N–H and O–H groups in total. The number of benzene rings is 1. The Morgan fingerprint density at radius 2 is 1.68 bits per heavy atom. The number of aliphatic carboxylic acids is 1. The van der Waals surface area contributed by atoms with E-state index in [1.165, 1.54) is 0 Å². The van der Waals surface area contributed by atoms with Gasteiger partial charge in [-0.15, -0.1) is 0 Å². The molecule has 120 valence electrons. The lowest BCUT2D eigenvalue weighted by Crippen LogP contribution is -2.25. The minimum atomic E-state index is -0.894. The van der Waals surface area contributed by atoms with E-state index in [2.05, 4.69) is 10.6 Å². The molecule has 0 saturated carbocycles. The number of carbonyl (C=O) groups excluding carboxylic acids is 2. The normalized spacial score (nSPS) is 11.5. The highest BCUT2D eigenvalue weighted by atomic mass is 16.4. The molecule has 6 heteroatoms. The average Bonchev–Trinajstić information content (AvgIpc) is 2.50. The Bertz CT molecular complexity index is 525. The highest BCUT2D eigenvalue weighted by Gasteiger charge is 2.13. The number of rotatable bonds is 8. The molecule has 0 radical (unpaired) electrons. The molecule has 0 spiro atoms. The maximum Gasteiger partial charge on any atom is 0.310 e. The Hall–Kier alpha value is -2.37. The Labute approximate surface area is 129 Å². The van der Waals surface area contributed by atoms with Gasteiger partial charge in [-0.3, -0.25) is 14.4 Å². The molecule has 0 aliphatic carbocycles. The van der Waals surface area contributed by atoms with Gasteiger partial charge < -0.3 is 15.7 Å². The smallest absolute Gasteiger partial charge is 0.310 e. The largest absolute Gasteiger partial charge is 0.481 e. The van der Waals surface area contributed by atoms with Crippen LogP contribution in [0.5, 0.6) is 0 Å². The molecule has 1 aromatic carbocycles. The van der Waals surface area contributed by atoms with Crippen LogP contribution in [0.2, 0.25) is 0 Å². The number of hydrogen-bond acceptors (Lipinski definition) is 3. The van der Waals surface area contributed by atoms with Crippen LogP contribution in [-0.4, -0.2) is 29.4 Å². The van der Waals surface area contributed by atoms with E-state index in [1.807, 2.05) is 6.92 Å². The number of anilines is 1. The Balaban J connectivity index is 2.45. The zero-order valence-corrected chi connectivity index (χ0v) is 12.9. The molecular formula is C16H22N2O4. The van der Waals surface area contributed by atoms with Gasteiger partial charge in [0.25, 0.3) is 0 Å². The maximum atomic E-state index is 11.7. The quantitative estimate of drug-likeness (QED) is 0.685. The van der Waals surface area contributed by atoms with Gasteiger partial charge in [-0.1, -0.05) is 19.1 Å². The molecule has 6 nitrogen and oxygen atoms in total. The summed E-state index contributed by atoms with van der Waals surface area (Å²) in [6, 6.07) is 6.65. The number of carbonyl (C=O) groups is 3. The van der Waals surface area contributed by atoms with Gasteiger partial charge in [-0.25, -0.2) is 0 Å². The highest BCUT2D eigenvalue weighted by Crippen LogP contribution is 2.18. The maximum absolute atomic E-state index is 11.7. The standard InChI is InChI=1S/C16H22N2O4/c1-3-10-17-14(19)8-9-15(20)18-13-6-4-12(5-7-13)11(2)16(21)22/h4-7,11H,3,8-10H2,1-2H3,(H,17,19)(H,18,20)(H,21,22). The first-order chi connectivity index (χ1) is 10.4. The van der Waals surface area contributed by atoms with Crippen LogP contribution >= 0.6 is 0 Å². The van der Waals surface area contributed by atoms with E-state index in [-0.39, 0.29) is 24.7 Å². The Morgan fingerprint density at radius 3 is 2.23 bits per heavy atom. The molecule has 0 saturated heterocycles. The van der Waals surface area contributed by atoms with E-state index in [0.717, 1.165) is 6.42 Å². The van der Waals surface area contributed by atoms with Crippen molar-refractivity contribution in [2.24, 2.45) is 0 Å². The minimum Gasteiger partial charge on any atom is -0.481 e. The number of hydrogen-bond donors (Lipinski definition) is 3. The first-order valence-corrected chi connectivity index (χ1v) is 7.33. The van der Waals surface area contributed by atoms with E-state index in [9.17, 15) is 14.4 Å². The molecule has 22 heavy (non-hydrogen) atoms. The van der Waals surface area contributed by atoms with Crippen LogP contribution in [0.4, 0.5) is 5.69 Å². The molecule has 1 rings (SSSR count). The van der Waals surface area contributed by atoms with Crippen LogP contribution in [0.3, 0.4) is 0 Å². The van der Waals surface area contributed by atoms with Crippen molar-refractivity contribution >= 4 is 23.5 Å². The second kappa shape index (κ2) is 8.81. The number of carboxylic acids is 1. The van der Waals surface area contributed by atoms with Crippen LogP contribution in [-0.2, 0) is 14.4 Å². The molecule has 2 amide bonds. The Morgan fingerprint density at radius 1 is 1.09 bits per heavy atom. The monoisotopic (exact) mass is 306 g/mol. The summed E-state index contributed by atoms with van der Waals surface area (Å²) in [4.78, 5) is 34.0. The summed E-state index contributed by atoms with van der Waals surface area (Å²) in [5, 5.41) is 14.3. The molecule has 0 fully saturated rings. The van der Waals surface area contributed by atoms with Crippen molar-refractivity contribution < 1.29 is 19.5 Å². The second-order valence-electron chi connectivity index (χ2n) is 5.08. The third-order valence-corrected chi connectivity index (χ3v) is 3.22. The third kappa shape index (κ3) is 5.95. The lowest BCUT2D eigenvalue weighted by Gasteiger charge is -2.09. The topological polar surface area (TPSA) is 95.5 Å². The number of carboxylic acid groups (broad SMARTS) is 1. The molecule has 0 aliphatic heterocycles. The molecule has 1 atom stereocenters. The van der Waals surface area contributed by atoms with Crippen LogP contribution in [0.15, 0.2) is 24.3 Å². The third-order valence-electron chi connectivity index (χ3n) is 3.22. The number of nitrogens with one attached hydrogen (secondary N) is 2. The zero-order chi connectivity index (χ0) is 16.5. The fourth-order valence-electron chi connectivity index (χ4n) is 1.80. The van der Waals surface area contributed by atoms with Crippen molar-refractivity contribution in [2.45, 2.75) is 39.0 Å². The highest BCUT2D eigenvalue weighted by molar-refractivity contribution is 5.93. The fraction of sp³-hybridized carbons (Fsp3) is 0.438. The first-order valence-electron chi connectivity index (χ1n) is 7.33. The summed E-state index contributed by atoms with van der Waals surface area (Å²) in [5.74, 6) is -1.87. The van der Waals surface area contributed by atoms with Crippen LogP contribution in [0, 0.1) is 0 Å². The van der Waals surface area contributed by atoms with E-state index >= 15 is 0 Å². The molecule has 0 bridgehead atoms. The summed E-state index contributed by atoms with van der Waals surface area (Å²) in [5.41, 5.74) is 1.25. The van der Waals surface area contributed by atoms with Gasteiger partial charge in [0.2, 0.25) is 11.8 Å². The molecule has 1 unspecified atom stereocenters. The summed E-state index contributed by atoms with van der Waals surface area (Å²) in [6.07, 6.45) is 1.13. The van der Waals surface area contributed by atoms with Crippen LogP contribution in [0.1, 0.15) is 44.6 Å². The molecular weight excluding hydrogens is 284 g/mol. The zero-order valence-electron chi connectivity index (χ0n) is 12.9. The fourth-order valence-corrected chi connectivity index (χ4v) is 1.80. The first kappa shape index (κ1) is 17.7. The van der Waals surface area contributed by atoms with Crippen molar-refractivity contribution in [3.8, 4) is 0 Å². The molecule has 1 aromatic rings. The summed E-state index contributed by atoms with van der Waals surface area (Å²) in [7, 11) is 0. The predicted molar refractivity (Wildman–Crippen MR) is 83.7 cm³/mol. The second-order valence-corrected chi connectivity index (χ2v) is 5.08. The van der Waals surface area contributed by atoms with Crippen molar-refractivity contribution in [3.05, 3.63) is 29.8 Å². The van der Waals surface area contributed by atoms with Crippen molar-refractivity contribution in [3.63, 3.8) is 0 Å². The molecule has 0 heterocycles. The van der Waals surface area contributed by atoms with E-state index in [4.69, 9.17) is 5.11 Å². The van der Waals surface area contributed by atoms with Crippen molar-refractivity contribution in [1.82, 2.24) is 5.32 Å². The van der Waals surface area contributed by atoms with Gasteiger partial charge >= 0.3 is 5.97 Å². The van der Waals surface area contributed by atoms with Gasteiger partial charge in [0.15, 0.2) is 0 Å². The Kier molecular flexibility index (Phi) is 7.08. The summed E-state index contributed by atoms with van der Waals surface area (Å²) in [6.45, 7) is 4.18. The summed E-state index contributed by atoms with van der Waals surface area (Å²) >= 11 is 0. The van der Waals surface area contributed by atoms with E-state index in [0.29, 0.717) is 17.8 Å². The van der Waals surface area contributed by atoms with Crippen molar-refractivity contribution in [2.75, 3.05) is 11.9 Å². The molecule has 0 aliphatic rings. The van der Waals surface area contributed by atoms with Crippen LogP contribution < -0.4 is 10.6 Å². The van der Waals surface area contributed by atoms with Gasteiger partial charge in [-0.05, 0) is 31.0 Å². The van der Waals surface area contributed by atoms with E-state index in [1.54, 1.807) is 31.2 Å². The minimum absolute atomic E-state index is 0.114. The van der Waals surface area contributed by atoms with Crippen LogP contribution in [0.25, 0.3) is 0 Å². The lowest BCUT2D eigenvalue weighted by molar-refractivity contribution is -0.138. The van der Waals surface area contributed by atoms with Gasteiger partial charge in [0, 0.05) is 25.1 Å². The predicted octanol–water partition coefficient (Wildman–Crippen LogP) is 2.12. The van der Waals surface area contributed by atoms with E-state index < -0.39 is 11.9 Å². The van der Waals surface area contributed by atoms with Crippen molar-refractivity contribution in [1.29, 1.82) is 0 Å². The SMILES string of the molecule is CCCNC(=O)CCC(=O)Nc1ccc(C(C)C(=O)O)cc1. The van der Waals surface area contributed by atoms with Gasteiger partial charge in [0.1, 0.15) is 0 Å². The average molecular weight is 306 g/mol. The summed E-state index contributed by atoms with van der Waals surface area (Å²) < 4.78 is 0. The van der Waals surface area contributed by atoms with Gasteiger partial charge in [0.05, 0.1) is 5.92 Å². The number of amides is 2. The van der Waals surface area contributed by atoms with Gasteiger partial charge in [-0.2, -0.15) is 0 Å². The lowest BCUT2D eigenvalue weighted by atomic mass is 10.0.